The van der Waals surface area contributed by atoms with Gasteiger partial charge in [-0.25, -0.2) is 0 Å². The molecule has 3 amide bonds. The molecule has 3 heterocycles. The van der Waals surface area contributed by atoms with Crippen LogP contribution in [0.2, 0.25) is 0 Å². The molecule has 33 heavy (non-hydrogen) atoms. The van der Waals surface area contributed by atoms with Gasteiger partial charge in [-0.1, -0.05) is 29.8 Å². The quantitative estimate of drug-likeness (QED) is 0.709. The van der Waals surface area contributed by atoms with Gasteiger partial charge >= 0.3 is 0 Å². The summed E-state index contributed by atoms with van der Waals surface area (Å²) in [6, 6.07) is 7.98. The maximum absolute atomic E-state index is 13.0. The minimum Gasteiger partial charge on any atom is -0.378 e. The van der Waals surface area contributed by atoms with Gasteiger partial charge in [0.15, 0.2) is 5.69 Å². The van der Waals surface area contributed by atoms with E-state index in [0.717, 1.165) is 16.8 Å². The van der Waals surface area contributed by atoms with E-state index in [-0.39, 0.29) is 30.6 Å². The summed E-state index contributed by atoms with van der Waals surface area (Å²) in [5.41, 5.74) is 4.42. The fourth-order valence-corrected chi connectivity index (χ4v) is 4.27. The highest BCUT2D eigenvalue weighted by molar-refractivity contribution is 5.94. The molecule has 176 valence electrons. The molecule has 0 unspecified atom stereocenters. The van der Waals surface area contributed by atoms with Crippen molar-refractivity contribution in [3.8, 4) is 0 Å². The summed E-state index contributed by atoms with van der Waals surface area (Å²) in [5, 5.41) is 7.35. The Morgan fingerprint density at radius 3 is 2.48 bits per heavy atom. The van der Waals surface area contributed by atoms with Crippen molar-refractivity contribution < 1.29 is 19.1 Å². The molecule has 1 aromatic heterocycles. The first-order valence-corrected chi connectivity index (χ1v) is 11.4. The Morgan fingerprint density at radius 2 is 1.76 bits per heavy atom. The molecule has 2 aliphatic rings. The van der Waals surface area contributed by atoms with Crippen LogP contribution < -0.4 is 5.32 Å². The number of morpholine rings is 1. The molecule has 1 N–H and O–H groups in total. The highest BCUT2D eigenvalue weighted by Gasteiger charge is 2.31. The predicted molar refractivity (Wildman–Crippen MR) is 121 cm³/mol. The van der Waals surface area contributed by atoms with Crippen molar-refractivity contribution in [3.63, 3.8) is 0 Å². The molecule has 9 nitrogen and oxygen atoms in total. The Morgan fingerprint density at radius 1 is 1.03 bits per heavy atom. The third-order valence-corrected chi connectivity index (χ3v) is 6.27. The van der Waals surface area contributed by atoms with Gasteiger partial charge in [-0.05, 0) is 12.5 Å². The maximum Gasteiger partial charge on any atom is 0.274 e. The Bertz CT molecular complexity index is 1020. The van der Waals surface area contributed by atoms with Crippen molar-refractivity contribution in [2.24, 2.45) is 7.05 Å². The van der Waals surface area contributed by atoms with Gasteiger partial charge in [0, 0.05) is 70.3 Å². The minimum absolute atomic E-state index is 0.0836. The van der Waals surface area contributed by atoms with Gasteiger partial charge < -0.3 is 19.9 Å². The van der Waals surface area contributed by atoms with Crippen LogP contribution in [0, 0.1) is 6.92 Å². The molecule has 1 aromatic carbocycles. The molecule has 0 aliphatic carbocycles. The molecule has 0 radical (unpaired) electrons. The number of benzene rings is 1. The van der Waals surface area contributed by atoms with Crippen molar-refractivity contribution in [2.45, 2.75) is 39.3 Å². The van der Waals surface area contributed by atoms with Crippen LogP contribution in [0.15, 0.2) is 24.3 Å². The van der Waals surface area contributed by atoms with Crippen LogP contribution in [0.5, 0.6) is 0 Å². The molecule has 0 bridgehead atoms. The summed E-state index contributed by atoms with van der Waals surface area (Å²) >= 11 is 0. The van der Waals surface area contributed by atoms with E-state index in [4.69, 9.17) is 4.74 Å². The summed E-state index contributed by atoms with van der Waals surface area (Å²) in [6.45, 7) is 5.51. The van der Waals surface area contributed by atoms with Gasteiger partial charge in [0.05, 0.1) is 13.2 Å². The smallest absolute Gasteiger partial charge is 0.274 e. The average molecular weight is 454 g/mol. The Balaban J connectivity index is 1.32. The van der Waals surface area contributed by atoms with Crippen molar-refractivity contribution >= 4 is 17.7 Å². The number of hydrogen-bond acceptors (Lipinski definition) is 5. The zero-order valence-electron chi connectivity index (χ0n) is 19.3. The first-order valence-electron chi connectivity index (χ1n) is 11.4. The second-order valence-corrected chi connectivity index (χ2v) is 8.63. The van der Waals surface area contributed by atoms with E-state index < -0.39 is 0 Å². The number of nitrogens with zero attached hydrogens (tertiary/aromatic N) is 4. The normalized spacial score (nSPS) is 15.8. The van der Waals surface area contributed by atoms with Gasteiger partial charge in [-0.15, -0.1) is 0 Å². The van der Waals surface area contributed by atoms with Gasteiger partial charge in [0.1, 0.15) is 0 Å². The van der Waals surface area contributed by atoms with Gasteiger partial charge in [-0.3, -0.25) is 19.1 Å². The molecule has 0 atom stereocenters. The number of aromatic nitrogens is 2. The molecule has 9 heteroatoms. The van der Waals surface area contributed by atoms with E-state index in [1.807, 2.05) is 38.2 Å². The lowest BCUT2D eigenvalue weighted by Crippen LogP contribution is -2.42. The highest BCUT2D eigenvalue weighted by atomic mass is 16.5. The summed E-state index contributed by atoms with van der Waals surface area (Å²) < 4.78 is 7.09. The van der Waals surface area contributed by atoms with Gasteiger partial charge in [-0.2, -0.15) is 5.10 Å². The number of carbonyl (C=O) groups is 3. The molecular formula is C24H31N5O4. The van der Waals surface area contributed by atoms with Gasteiger partial charge in [0.25, 0.3) is 5.91 Å². The first kappa shape index (κ1) is 23.0. The number of aryl methyl sites for hydroxylation is 2. The third-order valence-electron chi connectivity index (χ3n) is 6.27. The number of rotatable bonds is 6. The van der Waals surface area contributed by atoms with Crippen LogP contribution in [0.4, 0.5) is 0 Å². The summed E-state index contributed by atoms with van der Waals surface area (Å²) in [6.07, 6.45) is 0.920. The topological polar surface area (TPSA) is 96.8 Å². The Labute approximate surface area is 193 Å². The average Bonchev–Trinajstić information content (AvgIpc) is 3.18. The number of ether oxygens (including phenoxy) is 1. The molecule has 2 aromatic rings. The maximum atomic E-state index is 13.0. The fourth-order valence-electron chi connectivity index (χ4n) is 4.27. The van der Waals surface area contributed by atoms with Crippen LogP contribution >= 0.6 is 0 Å². The van der Waals surface area contributed by atoms with Crippen molar-refractivity contribution in [3.05, 3.63) is 52.3 Å². The Hall–Kier alpha value is -3.20. The lowest BCUT2D eigenvalue weighted by Gasteiger charge is -2.29. The Kier molecular flexibility index (Phi) is 7.08. The zero-order chi connectivity index (χ0) is 23.4. The molecular weight excluding hydrogens is 422 g/mol. The first-order chi connectivity index (χ1) is 15.9. The number of amides is 3. The summed E-state index contributed by atoms with van der Waals surface area (Å²) in [4.78, 5) is 41.6. The number of nitrogens with one attached hydrogen (secondary N) is 1. The van der Waals surface area contributed by atoms with E-state index in [1.54, 1.807) is 14.5 Å². The largest absolute Gasteiger partial charge is 0.378 e. The predicted octanol–water partition coefficient (Wildman–Crippen LogP) is 1.18. The van der Waals surface area contributed by atoms with E-state index in [0.29, 0.717) is 58.1 Å². The minimum atomic E-state index is -0.147. The number of fused-ring (bicyclic) bond motifs is 1. The SMILES string of the molecule is Cc1ccc(CNC(=O)CCC(=O)N2CCc3c(c(C(=O)N4CCOCC4)nn3C)C2)cc1. The second-order valence-electron chi connectivity index (χ2n) is 8.63. The third kappa shape index (κ3) is 5.42. The van der Waals surface area contributed by atoms with Crippen molar-refractivity contribution in [2.75, 3.05) is 32.8 Å². The van der Waals surface area contributed by atoms with Crippen LogP contribution in [-0.2, 0) is 40.9 Å². The van der Waals surface area contributed by atoms with Gasteiger partial charge in [0.2, 0.25) is 11.8 Å². The zero-order valence-corrected chi connectivity index (χ0v) is 19.3. The number of carbonyl (C=O) groups excluding carboxylic acids is 3. The monoisotopic (exact) mass is 453 g/mol. The molecule has 2 aliphatic heterocycles. The van der Waals surface area contributed by atoms with Crippen molar-refractivity contribution in [1.29, 1.82) is 0 Å². The van der Waals surface area contributed by atoms with E-state index in [2.05, 4.69) is 10.4 Å². The van der Waals surface area contributed by atoms with Crippen LogP contribution in [0.25, 0.3) is 0 Å². The molecule has 4 rings (SSSR count). The molecule has 1 saturated heterocycles. The van der Waals surface area contributed by atoms with Crippen LogP contribution in [0.1, 0.15) is 45.7 Å². The molecule has 0 saturated carbocycles. The lowest BCUT2D eigenvalue weighted by atomic mass is 10.0. The summed E-state index contributed by atoms with van der Waals surface area (Å²) in [5.74, 6) is -0.342. The standard InChI is InChI=1S/C24H31N5O4/c1-17-3-5-18(6-4-17)15-25-21(30)7-8-22(31)29-10-9-20-19(16-29)23(26-27(20)2)24(32)28-11-13-33-14-12-28/h3-6H,7-16H2,1-2H3,(H,25,30). The lowest BCUT2D eigenvalue weighted by molar-refractivity contribution is -0.134. The molecule has 0 spiro atoms. The fraction of sp³-hybridized carbons (Fsp3) is 0.500. The van der Waals surface area contributed by atoms with E-state index in [9.17, 15) is 14.4 Å². The van der Waals surface area contributed by atoms with Crippen molar-refractivity contribution in [1.82, 2.24) is 24.9 Å². The summed E-state index contributed by atoms with van der Waals surface area (Å²) in [7, 11) is 1.84. The van der Waals surface area contributed by atoms with E-state index >= 15 is 0 Å². The van der Waals surface area contributed by atoms with Crippen LogP contribution in [-0.4, -0.2) is 70.1 Å². The van der Waals surface area contributed by atoms with Crippen LogP contribution in [0.3, 0.4) is 0 Å². The molecule has 1 fully saturated rings. The second kappa shape index (κ2) is 10.2. The number of hydrogen-bond donors (Lipinski definition) is 1. The highest BCUT2D eigenvalue weighted by Crippen LogP contribution is 2.24. The van der Waals surface area contributed by atoms with E-state index in [1.165, 1.54) is 5.56 Å².